The largest absolute Gasteiger partial charge is 0.457 e. The first-order chi connectivity index (χ1) is 12.3. The molecule has 0 bridgehead atoms. The maximum atomic E-state index is 5.81. The second-order valence-electron chi connectivity index (χ2n) is 5.70. The predicted octanol–water partition coefficient (Wildman–Crippen LogP) is 3.46. The lowest BCUT2D eigenvalue weighted by molar-refractivity contribution is 0.114. The van der Waals surface area contributed by atoms with Gasteiger partial charge in [0.1, 0.15) is 11.5 Å². The summed E-state index contributed by atoms with van der Waals surface area (Å²) in [4.78, 5) is 0. The standard InChI is InChI=1S/C19H21N3O2S/c25-19(20-14-18-10-5-11-23-18)22-21-13-15-6-4-9-17(12-15)24-16-7-2-1-3-8-16/h1-4,6-9,12-13,18H,5,10-11,14H2,(H2,20,22,25)/b21-13-/t18-/m1/s1. The van der Waals surface area contributed by atoms with E-state index in [1.165, 1.54) is 0 Å². The molecule has 1 atom stereocenters. The lowest BCUT2D eigenvalue weighted by atomic mass is 10.2. The lowest BCUT2D eigenvalue weighted by Crippen LogP contribution is -2.37. The van der Waals surface area contributed by atoms with Crippen LogP contribution in [0.4, 0.5) is 0 Å². The Bertz CT molecular complexity index is 716. The van der Waals surface area contributed by atoms with E-state index in [9.17, 15) is 0 Å². The zero-order valence-corrected chi connectivity index (χ0v) is 14.7. The molecule has 0 unspecified atom stereocenters. The van der Waals surface area contributed by atoms with Crippen LogP contribution in [0.25, 0.3) is 0 Å². The van der Waals surface area contributed by atoms with Crippen LogP contribution in [0.15, 0.2) is 59.7 Å². The molecule has 6 heteroatoms. The molecular weight excluding hydrogens is 334 g/mol. The van der Waals surface area contributed by atoms with Crippen molar-refractivity contribution in [3.05, 3.63) is 60.2 Å². The number of rotatable bonds is 6. The molecule has 130 valence electrons. The number of para-hydroxylation sites is 1. The average molecular weight is 355 g/mol. The minimum Gasteiger partial charge on any atom is -0.457 e. The molecular formula is C19H21N3O2S. The maximum Gasteiger partial charge on any atom is 0.187 e. The van der Waals surface area contributed by atoms with Gasteiger partial charge in [0.25, 0.3) is 0 Å². The van der Waals surface area contributed by atoms with Crippen molar-refractivity contribution in [2.75, 3.05) is 13.2 Å². The summed E-state index contributed by atoms with van der Waals surface area (Å²) < 4.78 is 11.3. The second-order valence-corrected chi connectivity index (χ2v) is 6.11. The van der Waals surface area contributed by atoms with Gasteiger partial charge in [-0.05, 0) is 54.9 Å². The highest BCUT2D eigenvalue weighted by atomic mass is 32.1. The predicted molar refractivity (Wildman–Crippen MR) is 103 cm³/mol. The van der Waals surface area contributed by atoms with E-state index in [2.05, 4.69) is 15.8 Å². The molecule has 0 saturated carbocycles. The zero-order valence-electron chi connectivity index (χ0n) is 13.9. The molecule has 2 N–H and O–H groups in total. The van der Waals surface area contributed by atoms with Gasteiger partial charge in [-0.15, -0.1) is 0 Å². The number of thiocarbonyl (C=S) groups is 1. The van der Waals surface area contributed by atoms with Crippen molar-refractivity contribution in [3.8, 4) is 11.5 Å². The van der Waals surface area contributed by atoms with Crippen LogP contribution in [-0.4, -0.2) is 30.6 Å². The fourth-order valence-corrected chi connectivity index (χ4v) is 2.64. The van der Waals surface area contributed by atoms with Gasteiger partial charge in [0, 0.05) is 13.2 Å². The summed E-state index contributed by atoms with van der Waals surface area (Å²) in [5, 5.41) is 7.76. The topological polar surface area (TPSA) is 54.9 Å². The van der Waals surface area contributed by atoms with Crippen molar-refractivity contribution in [1.82, 2.24) is 10.7 Å². The van der Waals surface area contributed by atoms with Crippen LogP contribution in [0.3, 0.4) is 0 Å². The minimum atomic E-state index is 0.246. The van der Waals surface area contributed by atoms with Gasteiger partial charge in [0.15, 0.2) is 5.11 Å². The summed E-state index contributed by atoms with van der Waals surface area (Å²) in [5.74, 6) is 1.56. The maximum absolute atomic E-state index is 5.81. The summed E-state index contributed by atoms with van der Waals surface area (Å²) in [6, 6.07) is 17.4. The Hall–Kier alpha value is -2.44. The van der Waals surface area contributed by atoms with Crippen LogP contribution in [0.5, 0.6) is 11.5 Å². The van der Waals surface area contributed by atoms with Crippen LogP contribution >= 0.6 is 12.2 Å². The van der Waals surface area contributed by atoms with Crippen LogP contribution < -0.4 is 15.5 Å². The van der Waals surface area contributed by atoms with Gasteiger partial charge in [-0.2, -0.15) is 5.10 Å². The van der Waals surface area contributed by atoms with E-state index in [1.54, 1.807) is 6.21 Å². The van der Waals surface area contributed by atoms with Gasteiger partial charge in [0.05, 0.1) is 12.3 Å². The Balaban J connectivity index is 1.47. The first kappa shape index (κ1) is 17.4. The van der Waals surface area contributed by atoms with E-state index in [-0.39, 0.29) is 6.10 Å². The van der Waals surface area contributed by atoms with Crippen molar-refractivity contribution in [1.29, 1.82) is 0 Å². The fraction of sp³-hybridized carbons (Fsp3) is 0.263. The summed E-state index contributed by atoms with van der Waals surface area (Å²) in [7, 11) is 0. The molecule has 1 aliphatic heterocycles. The van der Waals surface area contributed by atoms with E-state index in [4.69, 9.17) is 21.7 Å². The Kier molecular flexibility index (Phi) is 6.36. The quantitative estimate of drug-likeness (QED) is 0.472. The highest BCUT2D eigenvalue weighted by Crippen LogP contribution is 2.21. The van der Waals surface area contributed by atoms with Crippen LogP contribution in [0.1, 0.15) is 18.4 Å². The molecule has 0 spiro atoms. The number of hydrogen-bond acceptors (Lipinski definition) is 4. The third-order valence-electron chi connectivity index (χ3n) is 3.73. The van der Waals surface area contributed by atoms with E-state index < -0.39 is 0 Å². The smallest absolute Gasteiger partial charge is 0.187 e. The number of nitrogens with one attached hydrogen (secondary N) is 2. The molecule has 1 fully saturated rings. The van der Waals surface area contributed by atoms with Gasteiger partial charge in [-0.1, -0.05) is 30.3 Å². The van der Waals surface area contributed by atoms with Gasteiger partial charge in [0.2, 0.25) is 0 Å². The second kappa shape index (κ2) is 9.15. The third-order valence-corrected chi connectivity index (χ3v) is 3.97. The molecule has 2 aromatic rings. The van der Waals surface area contributed by atoms with Crippen molar-refractivity contribution in [2.45, 2.75) is 18.9 Å². The molecule has 0 aliphatic carbocycles. The molecule has 0 radical (unpaired) electrons. The summed E-state index contributed by atoms with van der Waals surface area (Å²) >= 11 is 5.20. The first-order valence-electron chi connectivity index (χ1n) is 8.31. The number of benzene rings is 2. The molecule has 1 heterocycles. The van der Waals surface area contributed by atoms with Gasteiger partial charge >= 0.3 is 0 Å². The van der Waals surface area contributed by atoms with Gasteiger partial charge in [-0.3, -0.25) is 5.43 Å². The molecule has 1 aliphatic rings. The minimum absolute atomic E-state index is 0.246. The van der Waals surface area contributed by atoms with Crippen molar-refractivity contribution >= 4 is 23.5 Å². The number of ether oxygens (including phenoxy) is 2. The van der Waals surface area contributed by atoms with Crippen LogP contribution in [0, 0.1) is 0 Å². The highest BCUT2D eigenvalue weighted by Gasteiger charge is 2.14. The van der Waals surface area contributed by atoms with E-state index >= 15 is 0 Å². The lowest BCUT2D eigenvalue weighted by Gasteiger charge is -2.11. The summed E-state index contributed by atoms with van der Waals surface area (Å²) in [6.45, 7) is 1.55. The molecule has 2 aromatic carbocycles. The van der Waals surface area contributed by atoms with Gasteiger partial charge < -0.3 is 14.8 Å². The zero-order chi connectivity index (χ0) is 17.3. The Morgan fingerprint density at radius 1 is 1.20 bits per heavy atom. The average Bonchev–Trinajstić information content (AvgIpc) is 3.15. The number of nitrogens with zero attached hydrogens (tertiary/aromatic N) is 1. The molecule has 0 amide bonds. The SMILES string of the molecule is S=C(NC[C@H]1CCCO1)N/N=C\c1cccc(Oc2ccccc2)c1. The van der Waals surface area contributed by atoms with Crippen molar-refractivity contribution in [3.63, 3.8) is 0 Å². The Morgan fingerprint density at radius 3 is 2.84 bits per heavy atom. The summed E-state index contributed by atoms with van der Waals surface area (Å²) in [6.07, 6.45) is 4.15. The number of hydrogen-bond donors (Lipinski definition) is 2. The van der Waals surface area contributed by atoms with Crippen LogP contribution in [-0.2, 0) is 4.74 Å². The molecule has 5 nitrogen and oxygen atoms in total. The fourth-order valence-electron chi connectivity index (χ4n) is 2.50. The van der Waals surface area contributed by atoms with Crippen molar-refractivity contribution < 1.29 is 9.47 Å². The molecule has 1 saturated heterocycles. The Labute approximate surface area is 153 Å². The third kappa shape index (κ3) is 5.85. The normalized spacial score (nSPS) is 16.7. The molecule has 3 rings (SSSR count). The Morgan fingerprint density at radius 2 is 2.04 bits per heavy atom. The van der Waals surface area contributed by atoms with Crippen LogP contribution in [0.2, 0.25) is 0 Å². The number of hydrazone groups is 1. The van der Waals surface area contributed by atoms with Crippen molar-refractivity contribution in [2.24, 2.45) is 5.10 Å². The first-order valence-corrected chi connectivity index (χ1v) is 8.72. The summed E-state index contributed by atoms with van der Waals surface area (Å²) in [5.41, 5.74) is 3.74. The molecule has 0 aromatic heterocycles. The monoisotopic (exact) mass is 355 g/mol. The molecule has 25 heavy (non-hydrogen) atoms. The highest BCUT2D eigenvalue weighted by molar-refractivity contribution is 7.80. The van der Waals surface area contributed by atoms with E-state index in [0.717, 1.165) is 36.5 Å². The van der Waals surface area contributed by atoms with E-state index in [0.29, 0.717) is 11.7 Å². The van der Waals surface area contributed by atoms with Gasteiger partial charge in [-0.25, -0.2) is 0 Å². The van der Waals surface area contributed by atoms with E-state index in [1.807, 2.05) is 54.6 Å².